The van der Waals surface area contributed by atoms with Crippen molar-refractivity contribution in [3.05, 3.63) is 59.9 Å². The van der Waals surface area contributed by atoms with E-state index in [0.29, 0.717) is 18.5 Å². The number of carbonyl (C=O) groups is 1. The summed E-state index contributed by atoms with van der Waals surface area (Å²) in [6.07, 6.45) is 0.588. The highest BCUT2D eigenvalue weighted by Crippen LogP contribution is 2.35. The molecule has 138 valence electrons. The quantitative estimate of drug-likeness (QED) is 0.841. The van der Waals surface area contributed by atoms with Gasteiger partial charge in [-0.2, -0.15) is 8.78 Å². The van der Waals surface area contributed by atoms with Gasteiger partial charge in [-0.25, -0.2) is 4.39 Å². The van der Waals surface area contributed by atoms with E-state index in [2.05, 4.69) is 10.1 Å². The molecule has 0 radical (unpaired) electrons. The highest BCUT2D eigenvalue weighted by molar-refractivity contribution is 5.98. The average molecular weight is 364 g/mol. The molecule has 1 atom stereocenters. The van der Waals surface area contributed by atoms with E-state index in [1.807, 2.05) is 4.90 Å². The van der Waals surface area contributed by atoms with E-state index in [9.17, 15) is 18.0 Å². The maximum atomic E-state index is 13.8. The summed E-state index contributed by atoms with van der Waals surface area (Å²) >= 11 is 0. The van der Waals surface area contributed by atoms with Crippen LogP contribution in [0.25, 0.3) is 0 Å². The molecular formula is C19H19F3N2O2. The number of alkyl halides is 2. The van der Waals surface area contributed by atoms with Gasteiger partial charge in [0.1, 0.15) is 11.6 Å². The molecule has 7 heteroatoms. The zero-order valence-electron chi connectivity index (χ0n) is 14.2. The lowest BCUT2D eigenvalue weighted by Crippen LogP contribution is -2.63. The van der Waals surface area contributed by atoms with E-state index in [-0.39, 0.29) is 23.9 Å². The zero-order valence-corrected chi connectivity index (χ0v) is 14.2. The molecule has 1 saturated heterocycles. The van der Waals surface area contributed by atoms with Gasteiger partial charge in [-0.15, -0.1) is 0 Å². The Hall–Kier alpha value is -2.54. The SMILES string of the molecule is CC1(C(=O)Nc2ccccc2F)CCN1Cc1ccccc1OC(F)F. The van der Waals surface area contributed by atoms with E-state index < -0.39 is 18.0 Å². The molecule has 0 spiro atoms. The number of nitrogens with zero attached hydrogens (tertiary/aromatic N) is 1. The number of likely N-dealkylation sites (tertiary alicyclic amines) is 1. The lowest BCUT2D eigenvalue weighted by atomic mass is 9.85. The Morgan fingerprint density at radius 2 is 1.92 bits per heavy atom. The van der Waals surface area contributed by atoms with Crippen LogP contribution in [0.1, 0.15) is 18.9 Å². The standard InChI is InChI=1S/C19H19F3N2O2/c1-19(17(25)23-15-8-4-3-7-14(15)20)10-11-24(19)12-13-6-2-5-9-16(13)26-18(21)22/h2-9,18H,10-12H2,1H3,(H,23,25). The van der Waals surface area contributed by atoms with Crippen LogP contribution in [0, 0.1) is 5.82 Å². The molecule has 4 nitrogen and oxygen atoms in total. The Morgan fingerprint density at radius 1 is 1.23 bits per heavy atom. The molecule has 0 saturated carbocycles. The van der Waals surface area contributed by atoms with Crippen LogP contribution in [0.4, 0.5) is 18.9 Å². The number of amides is 1. The summed E-state index contributed by atoms with van der Waals surface area (Å²) in [5.41, 5.74) is -0.162. The summed E-state index contributed by atoms with van der Waals surface area (Å²) < 4.78 is 43.4. The lowest BCUT2D eigenvalue weighted by Gasteiger charge is -2.49. The molecule has 26 heavy (non-hydrogen) atoms. The molecule has 0 aromatic heterocycles. The van der Waals surface area contributed by atoms with Crippen molar-refractivity contribution in [1.82, 2.24) is 4.90 Å². The van der Waals surface area contributed by atoms with Gasteiger partial charge in [0, 0.05) is 18.7 Å². The monoisotopic (exact) mass is 364 g/mol. The number of hydrogen-bond donors (Lipinski definition) is 1. The second-order valence-electron chi connectivity index (χ2n) is 6.37. The number of carbonyl (C=O) groups excluding carboxylic acids is 1. The largest absolute Gasteiger partial charge is 0.434 e. The van der Waals surface area contributed by atoms with E-state index in [0.717, 1.165) is 0 Å². The van der Waals surface area contributed by atoms with Gasteiger partial charge >= 0.3 is 6.61 Å². The van der Waals surface area contributed by atoms with Gasteiger partial charge < -0.3 is 10.1 Å². The molecule has 2 aromatic rings. The van der Waals surface area contributed by atoms with Crippen molar-refractivity contribution in [2.24, 2.45) is 0 Å². The molecule has 1 N–H and O–H groups in total. The van der Waals surface area contributed by atoms with Crippen LogP contribution in [-0.2, 0) is 11.3 Å². The fraction of sp³-hybridized carbons (Fsp3) is 0.316. The summed E-state index contributed by atoms with van der Waals surface area (Å²) in [7, 11) is 0. The fourth-order valence-electron chi connectivity index (χ4n) is 2.99. The molecule has 2 aromatic carbocycles. The van der Waals surface area contributed by atoms with Gasteiger partial charge in [0.15, 0.2) is 0 Å². The molecule has 3 rings (SSSR count). The van der Waals surface area contributed by atoms with Crippen molar-refractivity contribution in [2.75, 3.05) is 11.9 Å². The molecule has 1 unspecified atom stereocenters. The molecular weight excluding hydrogens is 345 g/mol. The maximum Gasteiger partial charge on any atom is 0.387 e. The molecule has 0 aliphatic carbocycles. The van der Waals surface area contributed by atoms with E-state index in [1.54, 1.807) is 37.3 Å². The molecule has 1 aliphatic heterocycles. The lowest BCUT2D eigenvalue weighted by molar-refractivity contribution is -0.136. The van der Waals surface area contributed by atoms with Crippen molar-refractivity contribution < 1.29 is 22.7 Å². The highest BCUT2D eigenvalue weighted by atomic mass is 19.3. The van der Waals surface area contributed by atoms with Gasteiger partial charge in [0.2, 0.25) is 5.91 Å². The van der Waals surface area contributed by atoms with Gasteiger partial charge in [0.25, 0.3) is 0 Å². The summed E-state index contributed by atoms with van der Waals surface area (Å²) in [6.45, 7) is -0.249. The van der Waals surface area contributed by atoms with E-state index in [1.165, 1.54) is 18.2 Å². The third-order valence-corrected chi connectivity index (χ3v) is 4.73. The van der Waals surface area contributed by atoms with Crippen LogP contribution in [0.15, 0.2) is 48.5 Å². The Labute approximate surface area is 149 Å². The molecule has 1 heterocycles. The Bertz CT molecular complexity index is 800. The molecule has 0 bridgehead atoms. The van der Waals surface area contributed by atoms with Gasteiger partial charge in [-0.1, -0.05) is 30.3 Å². The minimum atomic E-state index is -2.91. The first-order chi connectivity index (χ1) is 12.4. The van der Waals surface area contributed by atoms with E-state index >= 15 is 0 Å². The van der Waals surface area contributed by atoms with E-state index in [4.69, 9.17) is 0 Å². The van der Waals surface area contributed by atoms with Crippen LogP contribution in [-0.4, -0.2) is 29.5 Å². The predicted octanol–water partition coefficient (Wildman–Crippen LogP) is 4.03. The average Bonchev–Trinajstić information content (AvgIpc) is 2.60. The minimum Gasteiger partial charge on any atom is -0.434 e. The maximum absolute atomic E-state index is 13.8. The first kappa shape index (κ1) is 18.3. The zero-order chi connectivity index (χ0) is 18.7. The summed E-state index contributed by atoms with van der Waals surface area (Å²) in [6, 6.07) is 12.4. The topological polar surface area (TPSA) is 41.6 Å². The van der Waals surface area contributed by atoms with Crippen LogP contribution >= 0.6 is 0 Å². The van der Waals surface area contributed by atoms with Crippen molar-refractivity contribution in [3.63, 3.8) is 0 Å². The molecule has 1 fully saturated rings. The van der Waals surface area contributed by atoms with Crippen LogP contribution in [0.2, 0.25) is 0 Å². The van der Waals surface area contributed by atoms with Gasteiger partial charge in [-0.3, -0.25) is 9.69 Å². The fourth-order valence-corrected chi connectivity index (χ4v) is 2.99. The number of halogens is 3. The van der Waals surface area contributed by atoms with Crippen LogP contribution in [0.5, 0.6) is 5.75 Å². The first-order valence-corrected chi connectivity index (χ1v) is 8.24. The summed E-state index contributed by atoms with van der Waals surface area (Å²) in [5.74, 6) is -0.752. The van der Waals surface area contributed by atoms with Crippen molar-refractivity contribution in [3.8, 4) is 5.75 Å². The number of anilines is 1. The van der Waals surface area contributed by atoms with Crippen LogP contribution < -0.4 is 10.1 Å². The molecule has 1 amide bonds. The summed E-state index contributed by atoms with van der Waals surface area (Å²) in [5, 5.41) is 2.61. The number of nitrogens with one attached hydrogen (secondary N) is 1. The Morgan fingerprint density at radius 3 is 2.58 bits per heavy atom. The number of para-hydroxylation sites is 2. The Balaban J connectivity index is 1.73. The third kappa shape index (κ3) is 3.67. The highest BCUT2D eigenvalue weighted by Gasteiger charge is 2.47. The smallest absolute Gasteiger partial charge is 0.387 e. The second kappa shape index (κ2) is 7.37. The predicted molar refractivity (Wildman–Crippen MR) is 91.5 cm³/mol. The van der Waals surface area contributed by atoms with Gasteiger partial charge in [0.05, 0.1) is 11.2 Å². The third-order valence-electron chi connectivity index (χ3n) is 4.73. The van der Waals surface area contributed by atoms with Crippen molar-refractivity contribution in [1.29, 1.82) is 0 Å². The Kier molecular flexibility index (Phi) is 5.18. The summed E-state index contributed by atoms with van der Waals surface area (Å²) in [4.78, 5) is 14.5. The number of ether oxygens (including phenoxy) is 1. The minimum absolute atomic E-state index is 0.0891. The number of rotatable bonds is 6. The van der Waals surface area contributed by atoms with Crippen LogP contribution in [0.3, 0.4) is 0 Å². The van der Waals surface area contributed by atoms with Crippen molar-refractivity contribution in [2.45, 2.75) is 32.0 Å². The van der Waals surface area contributed by atoms with Crippen molar-refractivity contribution >= 4 is 11.6 Å². The number of benzene rings is 2. The first-order valence-electron chi connectivity index (χ1n) is 8.24. The normalized spacial score (nSPS) is 19.9. The van der Waals surface area contributed by atoms with Gasteiger partial charge in [-0.05, 0) is 31.5 Å². The second-order valence-corrected chi connectivity index (χ2v) is 6.37. The number of hydrogen-bond acceptors (Lipinski definition) is 3. The molecule has 1 aliphatic rings.